The van der Waals surface area contributed by atoms with Crippen molar-refractivity contribution in [2.75, 3.05) is 0 Å². The Hall–Kier alpha value is -0.860. The van der Waals surface area contributed by atoms with E-state index in [1.54, 1.807) is 0 Å². The van der Waals surface area contributed by atoms with Gasteiger partial charge >= 0.3 is 0 Å². The molecule has 86 valence electrons. The fraction of sp³-hybridized carbons (Fsp3) is 0.833. The van der Waals surface area contributed by atoms with Gasteiger partial charge in [-0.15, -0.1) is 0 Å². The monoisotopic (exact) mass is 210 g/mol. The van der Waals surface area contributed by atoms with Crippen LogP contribution in [0.15, 0.2) is 5.10 Å². The minimum absolute atomic E-state index is 0.113. The molecule has 0 aromatic carbocycles. The van der Waals surface area contributed by atoms with Crippen LogP contribution < -0.4 is 5.43 Å². The number of unbranched alkanes of at least 4 members (excludes halogenated alkanes) is 2. The number of rotatable bonds is 5. The first kappa shape index (κ1) is 12.2. The average molecular weight is 210 g/mol. The summed E-state index contributed by atoms with van der Waals surface area (Å²) in [5, 5.41) is 3.96. The predicted molar refractivity (Wildman–Crippen MR) is 62.7 cm³/mol. The molecule has 1 N–H and O–H groups in total. The lowest BCUT2D eigenvalue weighted by atomic mass is 9.89. The molecule has 0 atom stereocenters. The summed E-state index contributed by atoms with van der Waals surface area (Å²) in [5.74, 6) is 0.324. The van der Waals surface area contributed by atoms with Gasteiger partial charge in [0.05, 0.1) is 0 Å². The van der Waals surface area contributed by atoms with Crippen molar-refractivity contribution in [3.63, 3.8) is 0 Å². The van der Waals surface area contributed by atoms with Crippen molar-refractivity contribution >= 4 is 12.1 Å². The minimum atomic E-state index is 0.113. The van der Waals surface area contributed by atoms with Gasteiger partial charge in [0.15, 0.2) is 0 Å². The molecule has 0 aromatic rings. The van der Waals surface area contributed by atoms with E-state index >= 15 is 0 Å². The van der Waals surface area contributed by atoms with E-state index in [1.165, 1.54) is 25.7 Å². The maximum absolute atomic E-state index is 11.6. The Bertz CT molecular complexity index is 208. The Morgan fingerprint density at radius 2 is 2.13 bits per heavy atom. The molecule has 0 saturated heterocycles. The van der Waals surface area contributed by atoms with Crippen molar-refractivity contribution in [2.45, 2.75) is 58.3 Å². The quantitative estimate of drug-likeness (QED) is 0.423. The van der Waals surface area contributed by atoms with E-state index in [-0.39, 0.29) is 11.8 Å². The first-order valence-corrected chi connectivity index (χ1v) is 6.16. The number of carbonyl (C=O) groups excluding carboxylic acids is 1. The molecular weight excluding hydrogens is 188 g/mol. The first-order chi connectivity index (χ1) is 7.34. The molecular formula is C12H22N2O. The third kappa shape index (κ3) is 4.96. The van der Waals surface area contributed by atoms with Gasteiger partial charge in [-0.05, 0) is 25.7 Å². The van der Waals surface area contributed by atoms with Crippen LogP contribution >= 0.6 is 0 Å². The third-order valence-corrected chi connectivity index (χ3v) is 2.93. The number of amides is 1. The second-order valence-electron chi connectivity index (χ2n) is 4.26. The Morgan fingerprint density at radius 1 is 1.40 bits per heavy atom. The van der Waals surface area contributed by atoms with Crippen LogP contribution in [-0.4, -0.2) is 12.1 Å². The summed E-state index contributed by atoms with van der Waals surface area (Å²) >= 11 is 0. The molecule has 0 bridgehead atoms. The Balaban J connectivity index is 2.14. The Labute approximate surface area is 92.3 Å². The van der Waals surface area contributed by atoms with Gasteiger partial charge in [-0.2, -0.15) is 5.10 Å². The summed E-state index contributed by atoms with van der Waals surface area (Å²) in [6.07, 6.45) is 10.8. The SMILES string of the molecule is CCCC/C=N/NC(=O)C1CCCCC1. The number of hydrogen-bond donors (Lipinski definition) is 1. The Morgan fingerprint density at radius 3 is 2.80 bits per heavy atom. The van der Waals surface area contributed by atoms with Crippen LogP contribution in [0.2, 0.25) is 0 Å². The van der Waals surface area contributed by atoms with Crippen molar-refractivity contribution in [1.29, 1.82) is 0 Å². The number of hydrogen-bond acceptors (Lipinski definition) is 2. The van der Waals surface area contributed by atoms with Crippen molar-refractivity contribution in [3.8, 4) is 0 Å². The van der Waals surface area contributed by atoms with Crippen molar-refractivity contribution in [1.82, 2.24) is 5.43 Å². The van der Waals surface area contributed by atoms with Crippen LogP contribution in [-0.2, 0) is 4.79 Å². The highest BCUT2D eigenvalue weighted by molar-refractivity contribution is 5.79. The van der Waals surface area contributed by atoms with E-state index in [0.29, 0.717) is 0 Å². The van der Waals surface area contributed by atoms with Gasteiger partial charge in [-0.3, -0.25) is 4.79 Å². The number of carbonyl (C=O) groups is 1. The van der Waals surface area contributed by atoms with Crippen LogP contribution in [0.3, 0.4) is 0 Å². The number of nitrogens with one attached hydrogen (secondary N) is 1. The van der Waals surface area contributed by atoms with E-state index in [0.717, 1.165) is 25.7 Å². The summed E-state index contributed by atoms with van der Waals surface area (Å²) in [5.41, 5.74) is 2.64. The zero-order valence-corrected chi connectivity index (χ0v) is 9.67. The second kappa shape index (κ2) is 7.43. The molecule has 0 heterocycles. The molecule has 0 unspecified atom stereocenters. The van der Waals surface area contributed by atoms with Gasteiger partial charge in [0.2, 0.25) is 5.91 Å². The molecule has 1 amide bonds. The van der Waals surface area contributed by atoms with Crippen LogP contribution in [0, 0.1) is 5.92 Å². The highest BCUT2D eigenvalue weighted by atomic mass is 16.2. The maximum atomic E-state index is 11.6. The lowest BCUT2D eigenvalue weighted by Gasteiger charge is -2.19. The van der Waals surface area contributed by atoms with Crippen molar-refractivity contribution in [3.05, 3.63) is 0 Å². The second-order valence-corrected chi connectivity index (χ2v) is 4.26. The smallest absolute Gasteiger partial charge is 0.243 e. The van der Waals surface area contributed by atoms with Gasteiger partial charge in [0, 0.05) is 12.1 Å². The molecule has 1 fully saturated rings. The number of hydrazone groups is 1. The van der Waals surface area contributed by atoms with E-state index < -0.39 is 0 Å². The zero-order valence-electron chi connectivity index (χ0n) is 9.67. The molecule has 1 saturated carbocycles. The molecule has 0 aromatic heterocycles. The molecule has 3 nitrogen and oxygen atoms in total. The van der Waals surface area contributed by atoms with Crippen LogP contribution in [0.25, 0.3) is 0 Å². The minimum Gasteiger partial charge on any atom is -0.273 e. The van der Waals surface area contributed by atoms with Gasteiger partial charge in [0.1, 0.15) is 0 Å². The number of nitrogens with zero attached hydrogens (tertiary/aromatic N) is 1. The normalized spacial score (nSPS) is 18.2. The summed E-state index contributed by atoms with van der Waals surface area (Å²) in [6, 6.07) is 0. The molecule has 1 aliphatic carbocycles. The van der Waals surface area contributed by atoms with Gasteiger partial charge in [-0.1, -0.05) is 32.6 Å². The average Bonchev–Trinajstić information content (AvgIpc) is 2.30. The van der Waals surface area contributed by atoms with E-state index in [4.69, 9.17) is 0 Å². The maximum Gasteiger partial charge on any atom is 0.243 e. The van der Waals surface area contributed by atoms with Crippen LogP contribution in [0.1, 0.15) is 58.3 Å². The van der Waals surface area contributed by atoms with Crippen LogP contribution in [0.5, 0.6) is 0 Å². The highest BCUT2D eigenvalue weighted by Gasteiger charge is 2.20. The zero-order chi connectivity index (χ0) is 10.9. The fourth-order valence-corrected chi connectivity index (χ4v) is 1.93. The molecule has 1 rings (SSSR count). The van der Waals surface area contributed by atoms with Crippen molar-refractivity contribution < 1.29 is 4.79 Å². The Kier molecular flexibility index (Phi) is 6.05. The molecule has 0 spiro atoms. The van der Waals surface area contributed by atoms with Crippen molar-refractivity contribution in [2.24, 2.45) is 11.0 Å². The summed E-state index contributed by atoms with van der Waals surface area (Å²) in [6.45, 7) is 2.15. The first-order valence-electron chi connectivity index (χ1n) is 6.16. The van der Waals surface area contributed by atoms with E-state index in [9.17, 15) is 4.79 Å². The van der Waals surface area contributed by atoms with Gasteiger partial charge in [0.25, 0.3) is 0 Å². The standard InChI is InChI=1S/C12H22N2O/c1-2-3-7-10-13-14-12(15)11-8-5-4-6-9-11/h10-11H,2-9H2,1H3,(H,14,15)/b13-10+. The van der Waals surface area contributed by atoms with Crippen LogP contribution in [0.4, 0.5) is 0 Å². The third-order valence-electron chi connectivity index (χ3n) is 2.93. The summed E-state index contributed by atoms with van der Waals surface area (Å²) in [7, 11) is 0. The summed E-state index contributed by atoms with van der Waals surface area (Å²) in [4.78, 5) is 11.6. The van der Waals surface area contributed by atoms with E-state index in [2.05, 4.69) is 17.5 Å². The molecule has 1 aliphatic rings. The topological polar surface area (TPSA) is 41.5 Å². The molecule has 0 aliphatic heterocycles. The largest absolute Gasteiger partial charge is 0.273 e. The summed E-state index contributed by atoms with van der Waals surface area (Å²) < 4.78 is 0. The van der Waals surface area contributed by atoms with Gasteiger partial charge < -0.3 is 0 Å². The molecule has 3 heteroatoms. The predicted octanol–water partition coefficient (Wildman–Crippen LogP) is 2.86. The van der Waals surface area contributed by atoms with E-state index in [1.807, 2.05) is 6.21 Å². The van der Waals surface area contributed by atoms with Gasteiger partial charge in [-0.25, -0.2) is 5.43 Å². The fourth-order valence-electron chi connectivity index (χ4n) is 1.93. The molecule has 0 radical (unpaired) electrons. The lowest BCUT2D eigenvalue weighted by Crippen LogP contribution is -2.28. The lowest BCUT2D eigenvalue weighted by molar-refractivity contribution is -0.125. The highest BCUT2D eigenvalue weighted by Crippen LogP contribution is 2.23. The molecule has 15 heavy (non-hydrogen) atoms.